The van der Waals surface area contributed by atoms with E-state index in [1.807, 2.05) is 11.4 Å². The number of carbonyl (C=O) groups is 2. The van der Waals surface area contributed by atoms with Crippen LogP contribution in [0.3, 0.4) is 0 Å². The van der Waals surface area contributed by atoms with E-state index in [2.05, 4.69) is 0 Å². The van der Waals surface area contributed by atoms with Crippen molar-refractivity contribution in [3.05, 3.63) is 35.4 Å². The molecule has 6 heteroatoms. The van der Waals surface area contributed by atoms with Crippen molar-refractivity contribution in [1.82, 2.24) is 5.32 Å². The fourth-order valence-electron chi connectivity index (χ4n) is 1.32. The zero-order valence-corrected chi connectivity index (χ0v) is 8.70. The van der Waals surface area contributed by atoms with Crippen molar-refractivity contribution in [3.8, 4) is 6.07 Å². The summed E-state index contributed by atoms with van der Waals surface area (Å²) in [4.78, 5) is 21.0. The van der Waals surface area contributed by atoms with E-state index in [0.717, 1.165) is 0 Å². The van der Waals surface area contributed by atoms with Crippen LogP contribution in [0.2, 0.25) is 0 Å². The Morgan fingerprint density at radius 1 is 1.41 bits per heavy atom. The maximum Gasteiger partial charge on any atom is 0.329 e. The first-order chi connectivity index (χ1) is 8.10. The molecule has 0 aliphatic rings. The lowest BCUT2D eigenvalue weighted by Gasteiger charge is -2.18. The lowest BCUT2D eigenvalue weighted by Crippen LogP contribution is -2.40. The van der Waals surface area contributed by atoms with Crippen LogP contribution in [-0.4, -0.2) is 28.6 Å². The van der Waals surface area contributed by atoms with Gasteiger partial charge >= 0.3 is 5.97 Å². The Kier molecular flexibility index (Phi) is 4.20. The molecule has 0 aromatic heterocycles. The van der Waals surface area contributed by atoms with Gasteiger partial charge in [-0.15, -0.1) is 0 Å². The number of nitrogens with zero attached hydrogens (tertiary/aromatic N) is 1. The first kappa shape index (κ1) is 12.7. The molecule has 0 heterocycles. The molecule has 88 valence electrons. The molecule has 0 fully saturated rings. The third kappa shape index (κ3) is 3.03. The first-order valence-electron chi connectivity index (χ1n) is 4.70. The number of carbonyl (C=O) groups excluding carboxylic acids is 1. The van der Waals surface area contributed by atoms with E-state index in [0.29, 0.717) is 11.1 Å². The Morgan fingerprint density at radius 2 is 2.00 bits per heavy atom. The predicted molar refractivity (Wildman–Crippen MR) is 56.7 cm³/mol. The predicted octanol–water partition coefficient (Wildman–Crippen LogP) is -0.209. The molecule has 0 aliphatic heterocycles. The van der Waals surface area contributed by atoms with E-state index < -0.39 is 18.1 Å². The average molecular weight is 234 g/mol. The number of carboxylic acids is 1. The largest absolute Gasteiger partial charge is 0.480 e. The highest BCUT2D eigenvalue weighted by molar-refractivity contribution is 5.77. The molecule has 6 nitrogen and oxygen atoms in total. The highest BCUT2D eigenvalue weighted by Crippen LogP contribution is 2.17. The number of aliphatic hydroxyl groups is 1. The second-order valence-electron chi connectivity index (χ2n) is 3.28. The van der Waals surface area contributed by atoms with Crippen LogP contribution in [0.5, 0.6) is 0 Å². The van der Waals surface area contributed by atoms with Gasteiger partial charge in [0.1, 0.15) is 6.10 Å². The highest BCUT2D eigenvalue weighted by Gasteiger charge is 2.27. The molecule has 0 saturated carbocycles. The van der Waals surface area contributed by atoms with Crippen LogP contribution in [0.4, 0.5) is 0 Å². The monoisotopic (exact) mass is 234 g/mol. The Hall–Kier alpha value is -2.39. The number of benzene rings is 1. The number of amides is 1. The molecule has 1 aromatic carbocycles. The van der Waals surface area contributed by atoms with E-state index in [4.69, 9.17) is 10.4 Å². The first-order valence-corrected chi connectivity index (χ1v) is 4.70. The normalized spacial score (nSPS) is 13.2. The summed E-state index contributed by atoms with van der Waals surface area (Å²) in [5.74, 6) is -1.34. The van der Waals surface area contributed by atoms with Crippen molar-refractivity contribution < 1.29 is 19.8 Å². The molecule has 1 unspecified atom stereocenters. The zero-order valence-electron chi connectivity index (χ0n) is 8.70. The zero-order chi connectivity index (χ0) is 12.8. The molecule has 2 atom stereocenters. The van der Waals surface area contributed by atoms with Crippen molar-refractivity contribution in [1.29, 1.82) is 5.26 Å². The van der Waals surface area contributed by atoms with Gasteiger partial charge in [0, 0.05) is 0 Å². The van der Waals surface area contributed by atoms with Crippen molar-refractivity contribution in [2.24, 2.45) is 0 Å². The molecule has 0 aliphatic carbocycles. The van der Waals surface area contributed by atoms with E-state index in [1.165, 1.54) is 24.3 Å². The van der Waals surface area contributed by atoms with Gasteiger partial charge in [-0.3, -0.25) is 4.79 Å². The van der Waals surface area contributed by atoms with Crippen LogP contribution in [0.1, 0.15) is 17.2 Å². The topological polar surface area (TPSA) is 110 Å². The van der Waals surface area contributed by atoms with Crippen LogP contribution in [0.15, 0.2) is 24.3 Å². The summed E-state index contributed by atoms with van der Waals surface area (Å²) in [6.07, 6.45) is -1.16. The van der Waals surface area contributed by atoms with Crippen LogP contribution in [0.25, 0.3) is 0 Å². The Balaban J connectivity index is 2.93. The van der Waals surface area contributed by atoms with Gasteiger partial charge in [0.05, 0.1) is 11.6 Å². The van der Waals surface area contributed by atoms with Gasteiger partial charge in [-0.2, -0.15) is 5.26 Å². The van der Waals surface area contributed by atoms with Gasteiger partial charge in [0.25, 0.3) is 0 Å². The molecule has 3 N–H and O–H groups in total. The van der Waals surface area contributed by atoms with E-state index in [-0.39, 0.29) is 6.41 Å². The lowest BCUT2D eigenvalue weighted by atomic mass is 10.0. The SMILES string of the molecule is N#Cc1ccc([C@@H](O)C(NC=O)C(=O)O)cc1. The molecule has 0 bridgehead atoms. The quantitative estimate of drug-likeness (QED) is 0.610. The smallest absolute Gasteiger partial charge is 0.329 e. The van der Waals surface area contributed by atoms with Gasteiger partial charge in [0.2, 0.25) is 6.41 Å². The Morgan fingerprint density at radius 3 is 2.41 bits per heavy atom. The van der Waals surface area contributed by atoms with Gasteiger partial charge < -0.3 is 15.5 Å². The number of aliphatic hydroxyl groups excluding tert-OH is 1. The minimum Gasteiger partial charge on any atom is -0.480 e. The number of hydrogen-bond donors (Lipinski definition) is 3. The van der Waals surface area contributed by atoms with E-state index in [1.54, 1.807) is 0 Å². The van der Waals surface area contributed by atoms with Crippen molar-refractivity contribution in [3.63, 3.8) is 0 Å². The van der Waals surface area contributed by atoms with Crippen LogP contribution < -0.4 is 5.32 Å². The van der Waals surface area contributed by atoms with Crippen LogP contribution >= 0.6 is 0 Å². The summed E-state index contributed by atoms with van der Waals surface area (Å²) in [6.45, 7) is 0. The van der Waals surface area contributed by atoms with Crippen molar-refractivity contribution in [2.75, 3.05) is 0 Å². The number of rotatable bonds is 5. The van der Waals surface area contributed by atoms with Crippen molar-refractivity contribution in [2.45, 2.75) is 12.1 Å². The molecule has 17 heavy (non-hydrogen) atoms. The summed E-state index contributed by atoms with van der Waals surface area (Å²) in [5.41, 5.74) is 0.710. The fourth-order valence-corrected chi connectivity index (χ4v) is 1.32. The van der Waals surface area contributed by atoms with Crippen LogP contribution in [0, 0.1) is 11.3 Å². The van der Waals surface area contributed by atoms with Crippen LogP contribution in [-0.2, 0) is 9.59 Å². The summed E-state index contributed by atoms with van der Waals surface area (Å²) >= 11 is 0. The number of carboxylic acid groups (broad SMARTS) is 1. The number of aliphatic carboxylic acids is 1. The second kappa shape index (κ2) is 5.63. The molecular formula is C11H10N2O4. The highest BCUT2D eigenvalue weighted by atomic mass is 16.4. The average Bonchev–Trinajstić information content (AvgIpc) is 2.35. The Bertz CT molecular complexity index is 450. The number of hydrogen-bond acceptors (Lipinski definition) is 4. The number of nitrogens with one attached hydrogen (secondary N) is 1. The van der Waals surface area contributed by atoms with E-state index >= 15 is 0 Å². The molecule has 1 aromatic rings. The maximum atomic E-state index is 10.8. The summed E-state index contributed by atoms with van der Waals surface area (Å²) in [7, 11) is 0. The molecule has 0 spiro atoms. The minimum absolute atomic E-state index is 0.214. The Labute approximate surface area is 97.1 Å². The molecular weight excluding hydrogens is 224 g/mol. The molecule has 1 amide bonds. The van der Waals surface area contributed by atoms with Gasteiger partial charge in [-0.1, -0.05) is 12.1 Å². The minimum atomic E-state index is -1.42. The van der Waals surface area contributed by atoms with Gasteiger partial charge in [-0.05, 0) is 17.7 Å². The third-order valence-electron chi connectivity index (χ3n) is 2.21. The van der Waals surface area contributed by atoms with E-state index in [9.17, 15) is 14.7 Å². The fraction of sp³-hybridized carbons (Fsp3) is 0.182. The summed E-state index contributed by atoms with van der Waals surface area (Å²) in [5, 5.41) is 29.2. The third-order valence-corrected chi connectivity index (χ3v) is 2.21. The van der Waals surface area contributed by atoms with Gasteiger partial charge in [-0.25, -0.2) is 4.79 Å². The number of nitriles is 1. The van der Waals surface area contributed by atoms with Crippen molar-refractivity contribution >= 4 is 12.4 Å². The lowest BCUT2D eigenvalue weighted by molar-refractivity contribution is -0.143. The van der Waals surface area contributed by atoms with Gasteiger partial charge in [0.15, 0.2) is 6.04 Å². The molecule has 0 saturated heterocycles. The molecule has 1 rings (SSSR count). The second-order valence-corrected chi connectivity index (χ2v) is 3.28. The standard InChI is InChI=1S/C11H10N2O4/c12-5-7-1-3-8(4-2-7)10(15)9(11(16)17)13-6-14/h1-4,6,9-10,15H,(H,13,14)(H,16,17)/t9?,10-/m1/s1. The summed E-state index contributed by atoms with van der Waals surface area (Å²) in [6, 6.07) is 6.27. The maximum absolute atomic E-state index is 10.8. The summed E-state index contributed by atoms with van der Waals surface area (Å²) < 4.78 is 0. The molecule has 0 radical (unpaired) electrons.